The Kier molecular flexibility index (Phi) is 11.0. The number of hydrogen-bond acceptors (Lipinski definition) is 5. The Morgan fingerprint density at radius 3 is 1.77 bits per heavy atom. The van der Waals surface area contributed by atoms with Crippen LogP contribution in [0.1, 0.15) is 16.7 Å². The largest absolute Gasteiger partial charge is 0.374 e. The first-order valence-electron chi connectivity index (χ1n) is 13.6. The summed E-state index contributed by atoms with van der Waals surface area (Å²) in [5.41, 5.74) is 16.0. The summed E-state index contributed by atoms with van der Waals surface area (Å²) in [6.45, 7) is 7.90. The molecule has 4 rings (SSSR count). The molecule has 0 amide bonds. The Morgan fingerprint density at radius 2 is 1.27 bits per heavy atom. The lowest BCUT2D eigenvalue weighted by molar-refractivity contribution is -0.217. The third-order valence-corrected chi connectivity index (χ3v) is 7.29. The summed E-state index contributed by atoms with van der Waals surface area (Å²) < 4.78 is 25.7. The fourth-order valence-corrected chi connectivity index (χ4v) is 5.02. The lowest BCUT2D eigenvalue weighted by Gasteiger charge is -2.43. The van der Waals surface area contributed by atoms with Crippen LogP contribution < -0.4 is 0 Å². The summed E-state index contributed by atoms with van der Waals surface area (Å²) in [6.07, 6.45) is -2.29. The van der Waals surface area contributed by atoms with E-state index in [1.807, 2.05) is 91.0 Å². The van der Waals surface area contributed by atoms with Crippen LogP contribution in [0.15, 0.2) is 96.1 Å². The zero-order valence-electron chi connectivity index (χ0n) is 23.4. The molecule has 0 bridgehead atoms. The first-order chi connectivity index (χ1) is 19.4. The molecule has 1 heterocycles. The number of ether oxygens (including phenoxy) is 4. The molecular weight excluding hydrogens is 518 g/mol. The Bertz CT molecular complexity index is 1290. The molecule has 1 aliphatic rings. The van der Waals surface area contributed by atoms with Crippen molar-refractivity contribution in [2.45, 2.75) is 69.9 Å². The van der Waals surface area contributed by atoms with Crippen LogP contribution in [-0.2, 0) is 38.8 Å². The first kappa shape index (κ1) is 29.6. The van der Waals surface area contributed by atoms with Gasteiger partial charge in [-0.2, -0.15) is 0 Å². The molecule has 0 aromatic heterocycles. The summed E-state index contributed by atoms with van der Waals surface area (Å²) >= 11 is 0. The Hall–Kier alpha value is -3.41. The van der Waals surface area contributed by atoms with Gasteiger partial charge < -0.3 is 18.9 Å². The second-order valence-electron chi connectivity index (χ2n) is 10.8. The maximum absolute atomic E-state index is 9.54. The van der Waals surface area contributed by atoms with Crippen molar-refractivity contribution in [1.82, 2.24) is 0 Å². The molecule has 0 saturated carbocycles. The predicted octanol–water partition coefficient (Wildman–Crippen LogP) is 6.70. The van der Waals surface area contributed by atoms with Gasteiger partial charge >= 0.3 is 0 Å². The molecule has 1 fully saturated rings. The number of rotatable bonds is 11. The van der Waals surface area contributed by atoms with Crippen molar-refractivity contribution in [3.63, 3.8) is 0 Å². The molecule has 8 heteroatoms. The monoisotopic (exact) mass is 555 g/mol. The van der Waals surface area contributed by atoms with E-state index >= 15 is 0 Å². The van der Waals surface area contributed by atoms with E-state index in [1.165, 1.54) is 0 Å². The Balaban J connectivity index is 1.63. The van der Waals surface area contributed by atoms with Gasteiger partial charge in [0.05, 0.1) is 32.5 Å². The third-order valence-electron chi connectivity index (χ3n) is 6.40. The van der Waals surface area contributed by atoms with Gasteiger partial charge in [0.1, 0.15) is 32.4 Å². The standard InChI is InChI=1S/C32H37N3O4Si/c1-40(2,3)20-19-28-30(34-35-33)32(38-23-27-17-11-6-12-18-27)31(37-22-26-15-9-5-10-16-26)29(39-28)24-36-21-25-13-7-4-8-14-25/h4-18,28-32H,21-24H2,1-3H3/t28-,29+,30-,31+,32+/m0/s1. The highest BCUT2D eigenvalue weighted by Gasteiger charge is 2.47. The average molecular weight is 556 g/mol. The minimum absolute atomic E-state index is 0.271. The summed E-state index contributed by atoms with van der Waals surface area (Å²) in [5.74, 6) is 3.29. The van der Waals surface area contributed by atoms with E-state index in [9.17, 15) is 5.53 Å². The van der Waals surface area contributed by atoms with Crippen molar-refractivity contribution < 1.29 is 18.9 Å². The van der Waals surface area contributed by atoms with Gasteiger partial charge in [0.25, 0.3) is 0 Å². The summed E-state index contributed by atoms with van der Waals surface area (Å²) in [4.78, 5) is 3.16. The van der Waals surface area contributed by atoms with Gasteiger partial charge in [0, 0.05) is 4.91 Å². The van der Waals surface area contributed by atoms with E-state index in [2.05, 4.69) is 41.1 Å². The van der Waals surface area contributed by atoms with E-state index < -0.39 is 38.5 Å². The summed E-state index contributed by atoms with van der Waals surface area (Å²) in [6, 6.07) is 29.2. The lowest BCUT2D eigenvalue weighted by Crippen LogP contribution is -2.59. The zero-order chi connectivity index (χ0) is 28.2. The molecule has 0 unspecified atom stereocenters. The van der Waals surface area contributed by atoms with Crippen molar-refractivity contribution in [1.29, 1.82) is 0 Å². The van der Waals surface area contributed by atoms with E-state index in [1.54, 1.807) is 0 Å². The van der Waals surface area contributed by atoms with Gasteiger partial charge in [-0.05, 0) is 22.2 Å². The molecule has 0 radical (unpaired) electrons. The normalized spacial score (nSPS) is 22.5. The highest BCUT2D eigenvalue weighted by molar-refractivity contribution is 6.83. The second-order valence-corrected chi connectivity index (χ2v) is 15.6. The van der Waals surface area contributed by atoms with Gasteiger partial charge in [-0.1, -0.05) is 122 Å². The topological polar surface area (TPSA) is 85.7 Å². The van der Waals surface area contributed by atoms with Crippen LogP contribution in [0.2, 0.25) is 19.6 Å². The van der Waals surface area contributed by atoms with Crippen LogP contribution in [0.5, 0.6) is 0 Å². The molecule has 40 heavy (non-hydrogen) atoms. The number of nitrogens with zero attached hydrogens (tertiary/aromatic N) is 3. The molecule has 1 aliphatic heterocycles. The lowest BCUT2D eigenvalue weighted by atomic mass is 9.93. The molecule has 1 saturated heterocycles. The fraction of sp³-hybridized carbons (Fsp3) is 0.375. The maximum Gasteiger partial charge on any atom is 0.129 e. The van der Waals surface area contributed by atoms with Crippen LogP contribution in [0.3, 0.4) is 0 Å². The van der Waals surface area contributed by atoms with Crippen LogP contribution in [0.4, 0.5) is 0 Å². The number of hydrogen-bond donors (Lipinski definition) is 0. The van der Waals surface area contributed by atoms with Crippen molar-refractivity contribution in [3.05, 3.63) is 118 Å². The first-order valence-corrected chi connectivity index (χ1v) is 17.1. The van der Waals surface area contributed by atoms with E-state index in [4.69, 9.17) is 18.9 Å². The Morgan fingerprint density at radius 1 is 0.775 bits per heavy atom. The molecule has 5 atom stereocenters. The predicted molar refractivity (Wildman–Crippen MR) is 159 cm³/mol. The van der Waals surface area contributed by atoms with Gasteiger partial charge in [-0.15, -0.1) is 5.54 Å². The molecule has 0 spiro atoms. The van der Waals surface area contributed by atoms with E-state index in [0.717, 1.165) is 16.7 Å². The molecule has 0 N–H and O–H groups in total. The molecular formula is C32H37N3O4Si. The summed E-state index contributed by atoms with van der Waals surface area (Å²) in [7, 11) is -1.73. The van der Waals surface area contributed by atoms with Crippen LogP contribution >= 0.6 is 0 Å². The maximum atomic E-state index is 9.54. The van der Waals surface area contributed by atoms with Crippen molar-refractivity contribution in [3.8, 4) is 11.5 Å². The molecule has 208 valence electrons. The number of benzene rings is 3. The SMILES string of the molecule is C[Si](C)(C)C#C[C@@H]1O[C@H](COCc2ccccc2)[C@@H](OCc2ccccc2)[C@H](OCc2ccccc2)[C@H]1N=[N+]=[N-]. The van der Waals surface area contributed by atoms with Crippen molar-refractivity contribution in [2.24, 2.45) is 5.11 Å². The van der Waals surface area contributed by atoms with Gasteiger partial charge in [-0.25, -0.2) is 0 Å². The molecule has 3 aromatic rings. The molecule has 7 nitrogen and oxygen atoms in total. The van der Waals surface area contributed by atoms with Crippen LogP contribution in [-0.4, -0.2) is 45.1 Å². The van der Waals surface area contributed by atoms with Crippen LogP contribution in [0.25, 0.3) is 10.4 Å². The minimum Gasteiger partial charge on any atom is -0.374 e. The zero-order valence-corrected chi connectivity index (χ0v) is 24.4. The summed E-state index contributed by atoms with van der Waals surface area (Å²) in [5, 5.41) is 4.15. The smallest absolute Gasteiger partial charge is 0.129 e. The molecule has 0 aliphatic carbocycles. The Labute approximate surface area is 238 Å². The van der Waals surface area contributed by atoms with Crippen LogP contribution in [0, 0.1) is 11.5 Å². The van der Waals surface area contributed by atoms with Gasteiger partial charge in [-0.3, -0.25) is 0 Å². The fourth-order valence-electron chi connectivity index (χ4n) is 4.45. The van der Waals surface area contributed by atoms with E-state index in [0.29, 0.717) is 19.8 Å². The highest BCUT2D eigenvalue weighted by Crippen LogP contribution is 2.30. The minimum atomic E-state index is -1.73. The average Bonchev–Trinajstić information content (AvgIpc) is 2.96. The van der Waals surface area contributed by atoms with Crippen molar-refractivity contribution >= 4 is 8.07 Å². The van der Waals surface area contributed by atoms with Gasteiger partial charge in [0.15, 0.2) is 0 Å². The van der Waals surface area contributed by atoms with E-state index in [-0.39, 0.29) is 6.61 Å². The quantitative estimate of drug-likeness (QED) is 0.0866. The second kappa shape index (κ2) is 14.8. The van der Waals surface area contributed by atoms with Gasteiger partial charge in [0.2, 0.25) is 0 Å². The third kappa shape index (κ3) is 9.07. The number of azide groups is 1. The van der Waals surface area contributed by atoms with Crippen molar-refractivity contribution in [2.75, 3.05) is 6.61 Å². The highest BCUT2D eigenvalue weighted by atomic mass is 28.3. The molecule has 3 aromatic carbocycles.